The molecule has 18 heavy (non-hydrogen) atoms. The summed E-state index contributed by atoms with van der Waals surface area (Å²) in [5.74, 6) is 0.554. The Bertz CT molecular complexity index is 430. The Hall–Kier alpha value is -1.13. The van der Waals surface area contributed by atoms with Gasteiger partial charge < -0.3 is 10.6 Å². The predicted octanol–water partition coefficient (Wildman–Crippen LogP) is 2.37. The fourth-order valence-corrected chi connectivity index (χ4v) is 2.29. The number of nitrogens with one attached hydrogen (secondary N) is 2. The van der Waals surface area contributed by atoms with Crippen LogP contribution in [-0.4, -0.2) is 24.0 Å². The van der Waals surface area contributed by atoms with Crippen LogP contribution in [0.15, 0.2) is 12.3 Å². The van der Waals surface area contributed by atoms with E-state index >= 15 is 0 Å². The van der Waals surface area contributed by atoms with Crippen molar-refractivity contribution >= 4 is 23.2 Å². The zero-order valence-corrected chi connectivity index (χ0v) is 11.3. The molecule has 0 aromatic carbocycles. The molecule has 0 atom stereocenters. The van der Waals surface area contributed by atoms with E-state index in [0.29, 0.717) is 17.5 Å². The average Bonchev–Trinajstić information content (AvgIpc) is 2.35. The Balaban J connectivity index is 1.88. The van der Waals surface area contributed by atoms with Crippen molar-refractivity contribution < 1.29 is 4.79 Å². The summed E-state index contributed by atoms with van der Waals surface area (Å²) in [5.41, 5.74) is 1.59. The number of hydrogen-bond acceptors (Lipinski definition) is 3. The number of carbonyl (C=O) groups is 1. The second kappa shape index (κ2) is 6.16. The van der Waals surface area contributed by atoms with Crippen LogP contribution in [0.25, 0.3) is 0 Å². The number of aromatic nitrogens is 1. The number of hydrogen-bond donors (Lipinski definition) is 2. The van der Waals surface area contributed by atoms with E-state index in [1.54, 1.807) is 6.20 Å². The topological polar surface area (TPSA) is 54.0 Å². The van der Waals surface area contributed by atoms with Gasteiger partial charge in [0, 0.05) is 6.42 Å². The van der Waals surface area contributed by atoms with Crippen LogP contribution in [0.3, 0.4) is 0 Å². The van der Waals surface area contributed by atoms with Crippen molar-refractivity contribution in [1.82, 2.24) is 10.3 Å². The van der Waals surface area contributed by atoms with Crippen molar-refractivity contribution in [2.24, 2.45) is 5.92 Å². The van der Waals surface area contributed by atoms with Gasteiger partial charge in [-0.15, -0.1) is 0 Å². The second-order valence-electron chi connectivity index (χ2n) is 4.78. The molecular formula is C13H18ClN3O. The molecule has 1 fully saturated rings. The van der Waals surface area contributed by atoms with E-state index in [9.17, 15) is 4.79 Å². The summed E-state index contributed by atoms with van der Waals surface area (Å²) in [6, 6.07) is 1.84. The van der Waals surface area contributed by atoms with Crippen molar-refractivity contribution in [3.05, 3.63) is 23.0 Å². The summed E-state index contributed by atoms with van der Waals surface area (Å²) in [6.45, 7) is 3.90. The van der Waals surface area contributed by atoms with Crippen LogP contribution in [0.4, 0.5) is 5.69 Å². The highest BCUT2D eigenvalue weighted by molar-refractivity contribution is 6.30. The monoisotopic (exact) mass is 267 g/mol. The molecule has 1 amide bonds. The van der Waals surface area contributed by atoms with Gasteiger partial charge in [-0.3, -0.25) is 4.79 Å². The largest absolute Gasteiger partial charge is 0.325 e. The fourth-order valence-electron chi connectivity index (χ4n) is 2.19. The van der Waals surface area contributed by atoms with E-state index < -0.39 is 0 Å². The Kier molecular flexibility index (Phi) is 4.55. The van der Waals surface area contributed by atoms with Gasteiger partial charge in [0.25, 0.3) is 0 Å². The number of carbonyl (C=O) groups excluding carboxylic acids is 1. The summed E-state index contributed by atoms with van der Waals surface area (Å²) in [7, 11) is 0. The zero-order chi connectivity index (χ0) is 13.0. The minimum Gasteiger partial charge on any atom is -0.325 e. The summed E-state index contributed by atoms with van der Waals surface area (Å²) in [4.78, 5) is 15.9. The van der Waals surface area contributed by atoms with Gasteiger partial charge in [-0.05, 0) is 50.4 Å². The van der Waals surface area contributed by atoms with Crippen molar-refractivity contribution in [3.8, 4) is 0 Å². The summed E-state index contributed by atoms with van der Waals surface area (Å²) < 4.78 is 0. The minimum atomic E-state index is 0.0606. The van der Waals surface area contributed by atoms with Gasteiger partial charge in [-0.1, -0.05) is 11.6 Å². The number of amides is 1. The van der Waals surface area contributed by atoms with Gasteiger partial charge in [0.05, 0.1) is 11.9 Å². The van der Waals surface area contributed by atoms with Crippen molar-refractivity contribution in [2.45, 2.75) is 26.2 Å². The highest BCUT2D eigenvalue weighted by Gasteiger charge is 2.16. The van der Waals surface area contributed by atoms with E-state index in [4.69, 9.17) is 11.6 Å². The Morgan fingerprint density at radius 3 is 2.94 bits per heavy atom. The molecule has 2 N–H and O–H groups in total. The first-order valence-electron chi connectivity index (χ1n) is 6.28. The van der Waals surface area contributed by atoms with Gasteiger partial charge >= 0.3 is 0 Å². The second-order valence-corrected chi connectivity index (χ2v) is 5.14. The first kappa shape index (κ1) is 13.3. The standard InChI is InChI=1S/C13H18ClN3O/c1-9-6-11(8-16-13(9)14)17-12(18)7-10-2-4-15-5-3-10/h6,8,10,15H,2-5,7H2,1H3,(H,17,18). The van der Waals surface area contributed by atoms with E-state index in [0.717, 1.165) is 37.2 Å². The summed E-state index contributed by atoms with van der Waals surface area (Å²) in [6.07, 6.45) is 4.33. The maximum atomic E-state index is 11.9. The van der Waals surface area contributed by atoms with Crippen LogP contribution in [0.1, 0.15) is 24.8 Å². The van der Waals surface area contributed by atoms with Crippen molar-refractivity contribution in [3.63, 3.8) is 0 Å². The van der Waals surface area contributed by atoms with Crippen LogP contribution in [0.5, 0.6) is 0 Å². The molecule has 0 spiro atoms. The minimum absolute atomic E-state index is 0.0606. The summed E-state index contributed by atoms with van der Waals surface area (Å²) >= 11 is 5.84. The molecule has 0 aliphatic carbocycles. The molecule has 1 aromatic heterocycles. The number of aryl methyl sites for hydroxylation is 1. The normalized spacial score (nSPS) is 16.6. The number of halogens is 1. The molecule has 1 aliphatic heterocycles. The van der Waals surface area contributed by atoms with Gasteiger partial charge in [0.2, 0.25) is 5.91 Å². The van der Waals surface area contributed by atoms with Crippen LogP contribution in [0.2, 0.25) is 5.15 Å². The van der Waals surface area contributed by atoms with Gasteiger partial charge in [0.1, 0.15) is 5.15 Å². The molecule has 2 heterocycles. The van der Waals surface area contributed by atoms with Gasteiger partial charge in [-0.2, -0.15) is 0 Å². The maximum Gasteiger partial charge on any atom is 0.224 e. The lowest BCUT2D eigenvalue weighted by atomic mass is 9.94. The highest BCUT2D eigenvalue weighted by atomic mass is 35.5. The van der Waals surface area contributed by atoms with Gasteiger partial charge in [0.15, 0.2) is 0 Å². The molecule has 0 bridgehead atoms. The molecule has 0 radical (unpaired) electrons. The van der Waals surface area contributed by atoms with E-state index in [-0.39, 0.29) is 5.91 Å². The lowest BCUT2D eigenvalue weighted by Crippen LogP contribution is -2.30. The number of pyridine rings is 1. The quantitative estimate of drug-likeness (QED) is 0.827. The highest BCUT2D eigenvalue weighted by Crippen LogP contribution is 2.19. The molecule has 1 saturated heterocycles. The molecule has 5 heteroatoms. The lowest BCUT2D eigenvalue weighted by molar-refractivity contribution is -0.117. The SMILES string of the molecule is Cc1cc(NC(=O)CC2CCNCC2)cnc1Cl. The first-order chi connectivity index (χ1) is 8.65. The van der Waals surface area contributed by atoms with Crippen LogP contribution in [-0.2, 0) is 4.79 Å². The van der Waals surface area contributed by atoms with E-state index in [1.165, 1.54) is 0 Å². The van der Waals surface area contributed by atoms with E-state index in [1.807, 2.05) is 13.0 Å². The fraction of sp³-hybridized carbons (Fsp3) is 0.538. The predicted molar refractivity (Wildman–Crippen MR) is 72.8 cm³/mol. The van der Waals surface area contributed by atoms with Gasteiger partial charge in [-0.25, -0.2) is 4.98 Å². The molecule has 1 aliphatic rings. The lowest BCUT2D eigenvalue weighted by Gasteiger charge is -2.21. The number of rotatable bonds is 3. The third-order valence-corrected chi connectivity index (χ3v) is 3.63. The average molecular weight is 268 g/mol. The molecule has 0 saturated carbocycles. The van der Waals surface area contributed by atoms with Crippen LogP contribution < -0.4 is 10.6 Å². The maximum absolute atomic E-state index is 11.9. The zero-order valence-electron chi connectivity index (χ0n) is 10.5. The van der Waals surface area contributed by atoms with Crippen molar-refractivity contribution in [1.29, 1.82) is 0 Å². The molecule has 1 aromatic rings. The van der Waals surface area contributed by atoms with Crippen LogP contribution in [0, 0.1) is 12.8 Å². The first-order valence-corrected chi connectivity index (χ1v) is 6.65. The Morgan fingerprint density at radius 1 is 1.56 bits per heavy atom. The van der Waals surface area contributed by atoms with Crippen molar-refractivity contribution in [2.75, 3.05) is 18.4 Å². The molecule has 4 nitrogen and oxygen atoms in total. The molecule has 98 valence electrons. The number of nitrogens with zero attached hydrogens (tertiary/aromatic N) is 1. The molecular weight excluding hydrogens is 250 g/mol. The van der Waals surface area contributed by atoms with E-state index in [2.05, 4.69) is 15.6 Å². The number of piperidine rings is 1. The third-order valence-electron chi connectivity index (χ3n) is 3.23. The Morgan fingerprint density at radius 2 is 2.28 bits per heavy atom. The molecule has 0 unspecified atom stereocenters. The smallest absolute Gasteiger partial charge is 0.224 e. The molecule has 2 rings (SSSR count). The summed E-state index contributed by atoms with van der Waals surface area (Å²) in [5, 5.41) is 6.65. The number of anilines is 1. The van der Waals surface area contributed by atoms with Crippen LogP contribution >= 0.6 is 11.6 Å². The Labute approximate surface area is 112 Å². The third kappa shape index (κ3) is 3.68.